The number of ether oxygens (including phenoxy) is 1. The number of cyclic esters (lactones) is 1. The Morgan fingerprint density at radius 2 is 1.79 bits per heavy atom. The van der Waals surface area contributed by atoms with Crippen molar-refractivity contribution in [1.29, 1.82) is 0 Å². The van der Waals surface area contributed by atoms with E-state index in [4.69, 9.17) is 4.74 Å². The van der Waals surface area contributed by atoms with Gasteiger partial charge in [0.2, 0.25) is 0 Å². The Morgan fingerprint density at radius 3 is 2.68 bits per heavy atom. The second kappa shape index (κ2) is 7.88. The van der Waals surface area contributed by atoms with Crippen molar-refractivity contribution in [3.8, 4) is 0 Å². The highest BCUT2D eigenvalue weighted by molar-refractivity contribution is 14.1. The first-order valence-electron chi connectivity index (χ1n) is 7.16. The van der Waals surface area contributed by atoms with E-state index in [1.54, 1.807) is 0 Å². The summed E-state index contributed by atoms with van der Waals surface area (Å²) in [5.74, 6) is -0.156. The monoisotopic (exact) mass is 372 g/mol. The van der Waals surface area contributed by atoms with E-state index in [1.807, 2.05) is 18.2 Å². The molecule has 2 rings (SSSR count). The summed E-state index contributed by atoms with van der Waals surface area (Å²) in [7, 11) is 0. The third-order valence-corrected chi connectivity index (χ3v) is 4.58. The maximum absolute atomic E-state index is 12.1. The number of carbonyl (C=O) groups is 1. The lowest BCUT2D eigenvalue weighted by atomic mass is 10.0. The number of esters is 1. The van der Waals surface area contributed by atoms with Gasteiger partial charge in [0.05, 0.1) is 5.56 Å². The molecule has 0 radical (unpaired) electrons. The molecule has 1 atom stereocenters. The fourth-order valence-corrected chi connectivity index (χ4v) is 3.10. The van der Waals surface area contributed by atoms with Crippen LogP contribution in [-0.2, 0) is 11.2 Å². The summed E-state index contributed by atoms with van der Waals surface area (Å²) >= 11 is 2.39. The Bertz CT molecular complexity index is 417. The number of benzene rings is 1. The summed E-state index contributed by atoms with van der Waals surface area (Å²) < 4.78 is 5.89. The van der Waals surface area contributed by atoms with Crippen molar-refractivity contribution in [2.75, 3.05) is 6.61 Å². The van der Waals surface area contributed by atoms with E-state index < -0.39 is 0 Å². The highest BCUT2D eigenvalue weighted by atomic mass is 127. The van der Waals surface area contributed by atoms with Gasteiger partial charge < -0.3 is 4.74 Å². The van der Waals surface area contributed by atoms with Crippen LogP contribution in [0, 0.1) is 0 Å². The molecule has 19 heavy (non-hydrogen) atoms. The summed E-state index contributed by atoms with van der Waals surface area (Å²) in [6, 6.07) is 7.86. The number of aryl methyl sites for hydroxylation is 1. The molecule has 0 saturated heterocycles. The first kappa shape index (κ1) is 14.8. The van der Waals surface area contributed by atoms with E-state index in [9.17, 15) is 4.79 Å². The molecule has 0 aromatic heterocycles. The van der Waals surface area contributed by atoms with Crippen molar-refractivity contribution < 1.29 is 9.53 Å². The lowest BCUT2D eigenvalue weighted by molar-refractivity contribution is 0.0507. The van der Waals surface area contributed by atoms with Crippen LogP contribution in [0.5, 0.6) is 0 Å². The molecule has 1 aliphatic heterocycles. The van der Waals surface area contributed by atoms with Crippen LogP contribution in [0.2, 0.25) is 0 Å². The Balaban J connectivity index is 2.10. The SMILES string of the molecule is O=C1OCC(I)CCCCCCCc2ccccc21. The van der Waals surface area contributed by atoms with Crippen LogP contribution in [0.25, 0.3) is 0 Å². The van der Waals surface area contributed by atoms with E-state index in [0.717, 1.165) is 30.4 Å². The average molecular weight is 372 g/mol. The van der Waals surface area contributed by atoms with Crippen molar-refractivity contribution in [1.82, 2.24) is 0 Å². The fourth-order valence-electron chi connectivity index (χ4n) is 2.48. The summed E-state index contributed by atoms with van der Waals surface area (Å²) in [6.45, 7) is 0.535. The maximum atomic E-state index is 12.1. The number of fused-ring (bicyclic) bond motifs is 1. The molecule has 0 amide bonds. The van der Waals surface area contributed by atoms with Crippen LogP contribution >= 0.6 is 22.6 Å². The van der Waals surface area contributed by atoms with Gasteiger partial charge in [0, 0.05) is 3.92 Å². The van der Waals surface area contributed by atoms with Crippen molar-refractivity contribution in [3.05, 3.63) is 35.4 Å². The van der Waals surface area contributed by atoms with E-state index in [0.29, 0.717) is 10.5 Å². The molecule has 0 saturated carbocycles. The van der Waals surface area contributed by atoms with Crippen LogP contribution < -0.4 is 0 Å². The van der Waals surface area contributed by atoms with Gasteiger partial charge in [0.25, 0.3) is 0 Å². The van der Waals surface area contributed by atoms with Crippen LogP contribution in [0.3, 0.4) is 0 Å². The summed E-state index contributed by atoms with van der Waals surface area (Å²) in [5, 5.41) is 0. The van der Waals surface area contributed by atoms with E-state index in [1.165, 1.54) is 25.7 Å². The average Bonchev–Trinajstić information content (AvgIpc) is 2.44. The van der Waals surface area contributed by atoms with Gasteiger partial charge in [0.1, 0.15) is 6.61 Å². The first-order valence-corrected chi connectivity index (χ1v) is 8.41. The van der Waals surface area contributed by atoms with Crippen molar-refractivity contribution in [2.24, 2.45) is 0 Å². The number of hydrogen-bond donors (Lipinski definition) is 0. The molecule has 1 aliphatic rings. The van der Waals surface area contributed by atoms with Gasteiger partial charge in [-0.15, -0.1) is 0 Å². The number of carbonyl (C=O) groups excluding carboxylic acids is 1. The molecule has 0 N–H and O–H groups in total. The summed E-state index contributed by atoms with van der Waals surface area (Å²) in [5.41, 5.74) is 1.89. The molecule has 0 spiro atoms. The summed E-state index contributed by atoms with van der Waals surface area (Å²) in [4.78, 5) is 12.1. The lowest BCUT2D eigenvalue weighted by Crippen LogP contribution is -2.15. The summed E-state index contributed by atoms with van der Waals surface area (Å²) in [6.07, 6.45) is 8.41. The van der Waals surface area contributed by atoms with Gasteiger partial charge in [-0.3, -0.25) is 0 Å². The van der Waals surface area contributed by atoms with Crippen LogP contribution in [0.4, 0.5) is 0 Å². The first-order chi connectivity index (χ1) is 9.27. The minimum atomic E-state index is -0.156. The highest BCUT2D eigenvalue weighted by Crippen LogP contribution is 2.19. The predicted molar refractivity (Wildman–Crippen MR) is 85.9 cm³/mol. The largest absolute Gasteiger partial charge is 0.461 e. The highest BCUT2D eigenvalue weighted by Gasteiger charge is 2.14. The molecule has 1 aromatic rings. The minimum Gasteiger partial charge on any atom is -0.461 e. The van der Waals surface area contributed by atoms with E-state index in [-0.39, 0.29) is 5.97 Å². The van der Waals surface area contributed by atoms with Gasteiger partial charge in [-0.2, -0.15) is 0 Å². The molecule has 0 aliphatic carbocycles. The quantitative estimate of drug-likeness (QED) is 0.380. The molecule has 2 nitrogen and oxygen atoms in total. The lowest BCUT2D eigenvalue weighted by Gasteiger charge is -2.11. The molecule has 0 bridgehead atoms. The number of rotatable bonds is 0. The third kappa shape index (κ3) is 4.79. The fraction of sp³-hybridized carbons (Fsp3) is 0.562. The van der Waals surface area contributed by atoms with Gasteiger partial charge in [0.15, 0.2) is 0 Å². The van der Waals surface area contributed by atoms with E-state index >= 15 is 0 Å². The van der Waals surface area contributed by atoms with Crippen LogP contribution in [-0.4, -0.2) is 16.5 Å². The smallest absolute Gasteiger partial charge is 0.338 e. The zero-order valence-corrected chi connectivity index (χ0v) is 13.4. The van der Waals surface area contributed by atoms with Gasteiger partial charge >= 0.3 is 5.97 Å². The zero-order valence-electron chi connectivity index (χ0n) is 11.2. The molecular formula is C16H21IO2. The minimum absolute atomic E-state index is 0.156. The van der Waals surface area contributed by atoms with Gasteiger partial charge in [-0.25, -0.2) is 4.79 Å². The Morgan fingerprint density at radius 1 is 1.05 bits per heavy atom. The van der Waals surface area contributed by atoms with Gasteiger partial charge in [-0.05, 0) is 30.9 Å². The second-order valence-corrected chi connectivity index (χ2v) is 6.92. The van der Waals surface area contributed by atoms with Crippen LogP contribution in [0.1, 0.15) is 54.4 Å². The predicted octanol–water partition coefficient (Wildman–Crippen LogP) is 4.54. The number of alkyl halides is 1. The molecule has 1 heterocycles. The molecule has 104 valence electrons. The molecule has 0 fully saturated rings. The Labute approximate surface area is 129 Å². The Hall–Kier alpha value is -0.580. The van der Waals surface area contributed by atoms with Gasteiger partial charge in [-0.1, -0.05) is 66.5 Å². The number of halogens is 1. The standard InChI is InChI=1S/C16H21IO2/c17-14-10-5-3-1-2-4-8-13-9-6-7-11-15(13)16(18)19-12-14/h6-7,9,11,14H,1-5,8,10,12H2. The molecule has 3 heteroatoms. The van der Waals surface area contributed by atoms with Crippen LogP contribution in [0.15, 0.2) is 24.3 Å². The normalized spacial score (nSPS) is 22.4. The number of hydrogen-bond acceptors (Lipinski definition) is 2. The van der Waals surface area contributed by atoms with Crippen molar-refractivity contribution in [2.45, 2.75) is 48.9 Å². The molecule has 1 unspecified atom stereocenters. The van der Waals surface area contributed by atoms with E-state index in [2.05, 4.69) is 28.7 Å². The van der Waals surface area contributed by atoms with Crippen molar-refractivity contribution in [3.63, 3.8) is 0 Å². The maximum Gasteiger partial charge on any atom is 0.338 e. The molecule has 1 aromatic carbocycles. The second-order valence-electron chi connectivity index (χ2n) is 5.16. The topological polar surface area (TPSA) is 26.3 Å². The van der Waals surface area contributed by atoms with Crippen molar-refractivity contribution >= 4 is 28.6 Å². The Kier molecular flexibility index (Phi) is 6.14. The molecular weight excluding hydrogens is 351 g/mol. The zero-order chi connectivity index (χ0) is 13.5. The third-order valence-electron chi connectivity index (χ3n) is 3.60.